The number of hydrogen-bond acceptors (Lipinski definition) is 3. The Balaban J connectivity index is 2.40. The minimum Gasteiger partial charge on any atom is -0.484 e. The first-order valence-electron chi connectivity index (χ1n) is 6.43. The molecule has 0 aliphatic carbocycles. The van der Waals surface area contributed by atoms with Gasteiger partial charge in [0.1, 0.15) is 5.75 Å². The van der Waals surface area contributed by atoms with Crippen LogP contribution in [0.2, 0.25) is 0 Å². The minimum absolute atomic E-state index is 0.0224. The van der Waals surface area contributed by atoms with Gasteiger partial charge in [0.2, 0.25) is 0 Å². The van der Waals surface area contributed by atoms with Crippen LogP contribution in [0.5, 0.6) is 5.75 Å². The van der Waals surface area contributed by atoms with Gasteiger partial charge in [0, 0.05) is 13.1 Å². The van der Waals surface area contributed by atoms with Crippen molar-refractivity contribution in [1.82, 2.24) is 4.90 Å². The highest BCUT2D eigenvalue weighted by Gasteiger charge is 2.12. The molecule has 1 amide bonds. The monoisotopic (exact) mass is 250 g/mol. The van der Waals surface area contributed by atoms with Crippen molar-refractivity contribution in [2.75, 3.05) is 26.2 Å². The fraction of sp³-hybridized carbons (Fsp3) is 0.500. The van der Waals surface area contributed by atoms with Crippen LogP contribution in [-0.2, 0) is 4.79 Å². The number of benzene rings is 1. The number of carbonyl (C=O) groups excluding carboxylic acids is 1. The van der Waals surface area contributed by atoms with E-state index in [1.165, 1.54) is 0 Å². The van der Waals surface area contributed by atoms with Gasteiger partial charge in [0.05, 0.1) is 0 Å². The van der Waals surface area contributed by atoms with Gasteiger partial charge in [-0.1, -0.05) is 25.1 Å². The minimum atomic E-state index is 0.0224. The lowest BCUT2D eigenvalue weighted by Gasteiger charge is -2.21. The number of amides is 1. The van der Waals surface area contributed by atoms with E-state index in [1.807, 2.05) is 35.2 Å². The summed E-state index contributed by atoms with van der Waals surface area (Å²) in [7, 11) is 0. The zero-order valence-corrected chi connectivity index (χ0v) is 11.0. The van der Waals surface area contributed by atoms with E-state index in [2.05, 4.69) is 6.92 Å². The summed E-state index contributed by atoms with van der Waals surface area (Å²) in [5, 5.41) is 0. The van der Waals surface area contributed by atoms with Crippen LogP contribution in [0.1, 0.15) is 19.8 Å². The smallest absolute Gasteiger partial charge is 0.260 e. The summed E-state index contributed by atoms with van der Waals surface area (Å²) >= 11 is 0. The summed E-state index contributed by atoms with van der Waals surface area (Å²) in [6.07, 6.45) is 1.78. The molecule has 0 fully saturated rings. The molecule has 0 saturated carbocycles. The standard InChI is InChI=1S/C14H22N2O2/c1-2-10-16(11-6-9-15)14(17)12-18-13-7-4-3-5-8-13/h3-5,7-8H,2,6,9-12,15H2,1H3. The molecule has 18 heavy (non-hydrogen) atoms. The molecule has 0 bridgehead atoms. The van der Waals surface area contributed by atoms with E-state index < -0.39 is 0 Å². The maximum absolute atomic E-state index is 12.0. The van der Waals surface area contributed by atoms with Crippen molar-refractivity contribution in [1.29, 1.82) is 0 Å². The highest BCUT2D eigenvalue weighted by atomic mass is 16.5. The zero-order chi connectivity index (χ0) is 13.2. The molecule has 0 aliphatic heterocycles. The van der Waals surface area contributed by atoms with Crippen molar-refractivity contribution >= 4 is 5.91 Å². The average molecular weight is 250 g/mol. The average Bonchev–Trinajstić information content (AvgIpc) is 2.42. The molecule has 0 saturated heterocycles. The van der Waals surface area contributed by atoms with Gasteiger partial charge in [0.15, 0.2) is 6.61 Å². The van der Waals surface area contributed by atoms with Crippen LogP contribution in [0.15, 0.2) is 30.3 Å². The van der Waals surface area contributed by atoms with E-state index in [9.17, 15) is 4.79 Å². The van der Waals surface area contributed by atoms with Gasteiger partial charge >= 0.3 is 0 Å². The Morgan fingerprint density at radius 1 is 1.28 bits per heavy atom. The van der Waals surface area contributed by atoms with E-state index >= 15 is 0 Å². The van der Waals surface area contributed by atoms with Crippen LogP contribution in [0.4, 0.5) is 0 Å². The molecule has 1 aromatic carbocycles. The first-order valence-corrected chi connectivity index (χ1v) is 6.43. The lowest BCUT2D eigenvalue weighted by Crippen LogP contribution is -2.37. The highest BCUT2D eigenvalue weighted by molar-refractivity contribution is 5.77. The second-order valence-electron chi connectivity index (χ2n) is 4.12. The third-order valence-corrected chi connectivity index (χ3v) is 2.58. The quantitative estimate of drug-likeness (QED) is 0.763. The molecule has 0 radical (unpaired) electrons. The van der Waals surface area contributed by atoms with Crippen molar-refractivity contribution in [3.05, 3.63) is 30.3 Å². The van der Waals surface area contributed by atoms with E-state index in [1.54, 1.807) is 0 Å². The summed E-state index contributed by atoms with van der Waals surface area (Å²) in [5.74, 6) is 0.746. The number of carbonyl (C=O) groups is 1. The van der Waals surface area contributed by atoms with Gasteiger partial charge in [-0.2, -0.15) is 0 Å². The molecule has 0 aromatic heterocycles. The molecule has 1 rings (SSSR count). The third-order valence-electron chi connectivity index (χ3n) is 2.58. The number of ether oxygens (including phenoxy) is 1. The number of nitrogens with two attached hydrogens (primary N) is 1. The lowest BCUT2D eigenvalue weighted by molar-refractivity contribution is -0.133. The molecule has 0 aliphatic rings. The summed E-state index contributed by atoms with van der Waals surface area (Å²) in [4.78, 5) is 13.8. The Bertz CT molecular complexity index is 341. The van der Waals surface area contributed by atoms with Gasteiger partial charge in [0.25, 0.3) is 5.91 Å². The van der Waals surface area contributed by atoms with Crippen molar-refractivity contribution in [2.45, 2.75) is 19.8 Å². The molecule has 1 aromatic rings. The van der Waals surface area contributed by atoms with Crippen molar-refractivity contribution in [3.63, 3.8) is 0 Å². The van der Waals surface area contributed by atoms with E-state index in [0.29, 0.717) is 13.1 Å². The van der Waals surface area contributed by atoms with E-state index in [-0.39, 0.29) is 12.5 Å². The van der Waals surface area contributed by atoms with Crippen LogP contribution in [-0.4, -0.2) is 37.0 Å². The van der Waals surface area contributed by atoms with Gasteiger partial charge in [-0.15, -0.1) is 0 Å². The van der Waals surface area contributed by atoms with Crippen LogP contribution in [0.3, 0.4) is 0 Å². The first kappa shape index (κ1) is 14.5. The van der Waals surface area contributed by atoms with Gasteiger partial charge in [-0.05, 0) is 31.5 Å². The molecule has 0 atom stereocenters. The molecule has 4 nitrogen and oxygen atoms in total. The van der Waals surface area contributed by atoms with Crippen LogP contribution in [0.25, 0.3) is 0 Å². The summed E-state index contributed by atoms with van der Waals surface area (Å²) in [6, 6.07) is 9.38. The van der Waals surface area contributed by atoms with Crippen LogP contribution < -0.4 is 10.5 Å². The van der Waals surface area contributed by atoms with Crippen LogP contribution in [0, 0.1) is 0 Å². The largest absolute Gasteiger partial charge is 0.484 e. The Morgan fingerprint density at radius 3 is 2.61 bits per heavy atom. The molecule has 4 heteroatoms. The van der Waals surface area contributed by atoms with Crippen molar-refractivity contribution in [2.24, 2.45) is 5.73 Å². The second kappa shape index (κ2) is 8.53. The summed E-state index contributed by atoms with van der Waals surface area (Å²) in [6.45, 7) is 4.22. The predicted molar refractivity (Wildman–Crippen MR) is 72.5 cm³/mol. The highest BCUT2D eigenvalue weighted by Crippen LogP contribution is 2.08. The Kier molecular flexibility index (Phi) is 6.87. The predicted octanol–water partition coefficient (Wildman–Crippen LogP) is 1.65. The lowest BCUT2D eigenvalue weighted by atomic mass is 10.3. The Hall–Kier alpha value is -1.55. The van der Waals surface area contributed by atoms with Gasteiger partial charge in [-0.3, -0.25) is 4.79 Å². The molecule has 0 unspecified atom stereocenters. The third kappa shape index (κ3) is 5.19. The molecular weight excluding hydrogens is 228 g/mol. The Labute approximate surface area is 109 Å². The molecule has 0 heterocycles. The molecule has 100 valence electrons. The maximum Gasteiger partial charge on any atom is 0.260 e. The zero-order valence-electron chi connectivity index (χ0n) is 11.0. The molecular formula is C14H22N2O2. The summed E-state index contributed by atoms with van der Waals surface area (Å²) in [5.41, 5.74) is 5.47. The number of hydrogen-bond donors (Lipinski definition) is 1. The first-order chi connectivity index (χ1) is 8.77. The Morgan fingerprint density at radius 2 is 2.00 bits per heavy atom. The van der Waals surface area contributed by atoms with Crippen molar-refractivity contribution < 1.29 is 9.53 Å². The topological polar surface area (TPSA) is 55.6 Å². The fourth-order valence-corrected chi connectivity index (χ4v) is 1.67. The summed E-state index contributed by atoms with van der Waals surface area (Å²) < 4.78 is 5.45. The number of nitrogens with zero attached hydrogens (tertiary/aromatic N) is 1. The van der Waals surface area contributed by atoms with Gasteiger partial charge in [-0.25, -0.2) is 0 Å². The van der Waals surface area contributed by atoms with Gasteiger partial charge < -0.3 is 15.4 Å². The maximum atomic E-state index is 12.0. The van der Waals surface area contributed by atoms with Crippen molar-refractivity contribution in [3.8, 4) is 5.75 Å². The SMILES string of the molecule is CCCN(CCCN)C(=O)COc1ccccc1. The molecule has 2 N–H and O–H groups in total. The van der Waals surface area contributed by atoms with E-state index in [0.717, 1.165) is 25.1 Å². The fourth-order valence-electron chi connectivity index (χ4n) is 1.67. The number of rotatable bonds is 8. The van der Waals surface area contributed by atoms with Crippen LogP contribution >= 0.6 is 0 Å². The normalized spacial score (nSPS) is 10.1. The van der Waals surface area contributed by atoms with E-state index in [4.69, 9.17) is 10.5 Å². The molecule has 0 spiro atoms. The number of para-hydroxylation sites is 1. The second-order valence-corrected chi connectivity index (χ2v) is 4.12.